The summed E-state index contributed by atoms with van der Waals surface area (Å²) in [6.45, 7) is 8.67. The molecule has 0 radical (unpaired) electrons. The van der Waals surface area contributed by atoms with E-state index in [9.17, 15) is 0 Å². The van der Waals surface area contributed by atoms with Gasteiger partial charge in [-0.15, -0.1) is 0 Å². The predicted molar refractivity (Wildman–Crippen MR) is 78.5 cm³/mol. The highest BCUT2D eigenvalue weighted by molar-refractivity contribution is 5.78. The molecule has 0 spiro atoms. The van der Waals surface area contributed by atoms with Gasteiger partial charge < -0.3 is 4.74 Å². The number of ether oxygens (including phenoxy) is 1. The molecule has 6 nitrogen and oxygen atoms in total. The van der Waals surface area contributed by atoms with Crippen molar-refractivity contribution < 1.29 is 4.74 Å². The van der Waals surface area contributed by atoms with Crippen LogP contribution in [0.15, 0.2) is 4.99 Å². The Morgan fingerprint density at radius 3 is 2.63 bits per heavy atom. The molecule has 19 heavy (non-hydrogen) atoms. The fraction of sp³-hybridized carbons (Fsp3) is 0.923. The Balaban J connectivity index is 2.39. The SMILES string of the molecule is CCOCCCN=C(NN)NN1C(C)CCCC1C. The van der Waals surface area contributed by atoms with Gasteiger partial charge in [-0.3, -0.25) is 15.8 Å². The normalized spacial score (nSPS) is 25.4. The van der Waals surface area contributed by atoms with Gasteiger partial charge in [-0.1, -0.05) is 6.42 Å². The lowest BCUT2D eigenvalue weighted by atomic mass is 10.00. The standard InChI is InChI=1S/C13H29N5O/c1-4-19-10-6-9-15-13(16-14)17-18-11(2)7-5-8-12(18)3/h11-12H,4-10,14H2,1-3H3,(H2,15,16,17). The van der Waals surface area contributed by atoms with Gasteiger partial charge in [0.15, 0.2) is 0 Å². The van der Waals surface area contributed by atoms with Crippen LogP contribution in [0, 0.1) is 0 Å². The lowest BCUT2D eigenvalue weighted by Crippen LogP contribution is -2.58. The highest BCUT2D eigenvalue weighted by Crippen LogP contribution is 2.19. The molecule has 112 valence electrons. The van der Waals surface area contributed by atoms with Crippen LogP contribution in [-0.4, -0.2) is 42.8 Å². The Labute approximate surface area is 116 Å². The Morgan fingerprint density at radius 2 is 2.05 bits per heavy atom. The molecule has 0 aromatic carbocycles. The van der Waals surface area contributed by atoms with Crippen LogP contribution in [0.1, 0.15) is 46.5 Å². The zero-order valence-corrected chi connectivity index (χ0v) is 12.5. The lowest BCUT2D eigenvalue weighted by molar-refractivity contribution is 0.0723. The molecule has 4 N–H and O–H groups in total. The van der Waals surface area contributed by atoms with E-state index in [1.54, 1.807) is 0 Å². The van der Waals surface area contributed by atoms with Crippen molar-refractivity contribution in [2.75, 3.05) is 19.8 Å². The van der Waals surface area contributed by atoms with Crippen molar-refractivity contribution in [3.05, 3.63) is 0 Å². The molecule has 0 amide bonds. The van der Waals surface area contributed by atoms with Crippen LogP contribution in [0.25, 0.3) is 0 Å². The van der Waals surface area contributed by atoms with E-state index >= 15 is 0 Å². The van der Waals surface area contributed by atoms with E-state index in [1.165, 1.54) is 19.3 Å². The monoisotopic (exact) mass is 271 g/mol. The number of hydrogen-bond donors (Lipinski definition) is 3. The lowest BCUT2D eigenvalue weighted by Gasteiger charge is -2.39. The van der Waals surface area contributed by atoms with Crippen LogP contribution in [0.5, 0.6) is 0 Å². The van der Waals surface area contributed by atoms with Crippen molar-refractivity contribution in [1.29, 1.82) is 0 Å². The maximum atomic E-state index is 5.52. The summed E-state index contributed by atoms with van der Waals surface area (Å²) >= 11 is 0. The molecule has 0 aromatic heterocycles. The number of aliphatic imine (C=N–C) groups is 1. The average molecular weight is 271 g/mol. The fourth-order valence-corrected chi connectivity index (χ4v) is 2.38. The largest absolute Gasteiger partial charge is 0.382 e. The van der Waals surface area contributed by atoms with E-state index in [2.05, 4.69) is 34.7 Å². The molecule has 1 aliphatic rings. The van der Waals surface area contributed by atoms with Crippen LogP contribution in [-0.2, 0) is 4.74 Å². The summed E-state index contributed by atoms with van der Waals surface area (Å²) in [7, 11) is 0. The minimum atomic E-state index is 0.505. The molecule has 0 bridgehead atoms. The molecular weight excluding hydrogens is 242 g/mol. The van der Waals surface area contributed by atoms with E-state index < -0.39 is 0 Å². The molecule has 2 atom stereocenters. The molecule has 0 aliphatic carbocycles. The highest BCUT2D eigenvalue weighted by atomic mass is 16.5. The Kier molecular flexibility index (Phi) is 7.78. The van der Waals surface area contributed by atoms with Gasteiger partial charge in [0.1, 0.15) is 0 Å². The molecular formula is C13H29N5O. The van der Waals surface area contributed by atoms with Gasteiger partial charge in [-0.25, -0.2) is 10.9 Å². The summed E-state index contributed by atoms with van der Waals surface area (Å²) in [6.07, 6.45) is 4.61. The molecule has 0 saturated carbocycles. The molecule has 6 heteroatoms. The van der Waals surface area contributed by atoms with Gasteiger partial charge in [0, 0.05) is 31.8 Å². The van der Waals surface area contributed by atoms with Crippen molar-refractivity contribution >= 4 is 5.96 Å². The molecule has 1 saturated heterocycles. The van der Waals surface area contributed by atoms with Crippen molar-refractivity contribution in [2.24, 2.45) is 10.8 Å². The zero-order valence-electron chi connectivity index (χ0n) is 12.5. The van der Waals surface area contributed by atoms with Crippen LogP contribution in [0.2, 0.25) is 0 Å². The minimum Gasteiger partial charge on any atom is -0.382 e. The smallest absolute Gasteiger partial charge is 0.220 e. The molecule has 1 fully saturated rings. The van der Waals surface area contributed by atoms with Gasteiger partial charge in [-0.05, 0) is 40.0 Å². The fourth-order valence-electron chi connectivity index (χ4n) is 2.38. The van der Waals surface area contributed by atoms with E-state index in [4.69, 9.17) is 10.6 Å². The first-order chi connectivity index (χ1) is 9.19. The summed E-state index contributed by atoms with van der Waals surface area (Å²) in [5, 5.41) is 2.24. The van der Waals surface area contributed by atoms with E-state index in [0.29, 0.717) is 24.6 Å². The second-order valence-corrected chi connectivity index (χ2v) is 5.07. The second kappa shape index (κ2) is 9.12. The first kappa shape index (κ1) is 16.2. The second-order valence-electron chi connectivity index (χ2n) is 5.07. The maximum absolute atomic E-state index is 5.52. The molecule has 1 rings (SSSR count). The summed E-state index contributed by atoms with van der Waals surface area (Å²) in [5.74, 6) is 6.16. The van der Waals surface area contributed by atoms with E-state index in [-0.39, 0.29) is 0 Å². The van der Waals surface area contributed by atoms with Gasteiger partial charge in [0.2, 0.25) is 5.96 Å². The van der Waals surface area contributed by atoms with Crippen LogP contribution < -0.4 is 16.7 Å². The number of nitrogens with two attached hydrogens (primary N) is 1. The predicted octanol–water partition coefficient (Wildman–Crippen LogP) is 1.000. The number of piperidine rings is 1. The zero-order chi connectivity index (χ0) is 14.1. The first-order valence-corrected chi connectivity index (χ1v) is 7.32. The minimum absolute atomic E-state index is 0.505. The third-order valence-electron chi connectivity index (χ3n) is 3.49. The quantitative estimate of drug-likeness (QED) is 0.221. The molecule has 1 heterocycles. The van der Waals surface area contributed by atoms with Gasteiger partial charge in [0.25, 0.3) is 0 Å². The summed E-state index contributed by atoms with van der Waals surface area (Å²) < 4.78 is 5.28. The first-order valence-electron chi connectivity index (χ1n) is 7.32. The third kappa shape index (κ3) is 5.76. The van der Waals surface area contributed by atoms with Gasteiger partial charge in [-0.2, -0.15) is 0 Å². The molecule has 0 aromatic rings. The van der Waals surface area contributed by atoms with E-state index in [0.717, 1.165) is 19.6 Å². The number of rotatable bonds is 6. The van der Waals surface area contributed by atoms with Crippen molar-refractivity contribution in [3.8, 4) is 0 Å². The number of hydrogen-bond acceptors (Lipinski definition) is 4. The Morgan fingerprint density at radius 1 is 1.37 bits per heavy atom. The van der Waals surface area contributed by atoms with E-state index in [1.807, 2.05) is 6.92 Å². The van der Waals surface area contributed by atoms with Gasteiger partial charge >= 0.3 is 0 Å². The van der Waals surface area contributed by atoms with Crippen molar-refractivity contribution in [2.45, 2.75) is 58.5 Å². The summed E-state index contributed by atoms with van der Waals surface area (Å²) in [5.41, 5.74) is 5.94. The summed E-state index contributed by atoms with van der Waals surface area (Å²) in [4.78, 5) is 4.42. The van der Waals surface area contributed by atoms with Crippen LogP contribution >= 0.6 is 0 Å². The van der Waals surface area contributed by atoms with Gasteiger partial charge in [0.05, 0.1) is 0 Å². The average Bonchev–Trinajstić information content (AvgIpc) is 2.40. The topological polar surface area (TPSA) is 74.9 Å². The summed E-state index contributed by atoms with van der Waals surface area (Å²) in [6, 6.07) is 1.01. The number of hydrazine groups is 2. The maximum Gasteiger partial charge on any atom is 0.220 e. The van der Waals surface area contributed by atoms with Crippen LogP contribution in [0.4, 0.5) is 0 Å². The number of nitrogens with zero attached hydrogens (tertiary/aromatic N) is 2. The molecule has 1 aliphatic heterocycles. The highest BCUT2D eigenvalue weighted by Gasteiger charge is 2.25. The molecule has 2 unspecified atom stereocenters. The van der Waals surface area contributed by atoms with Crippen LogP contribution in [0.3, 0.4) is 0 Å². The van der Waals surface area contributed by atoms with Crippen molar-refractivity contribution in [1.82, 2.24) is 15.9 Å². The Bertz CT molecular complexity index is 262. The number of nitrogens with one attached hydrogen (secondary N) is 2. The van der Waals surface area contributed by atoms with Crippen molar-refractivity contribution in [3.63, 3.8) is 0 Å². The number of guanidine groups is 1. The Hall–Kier alpha value is -0.850. The third-order valence-corrected chi connectivity index (χ3v) is 3.49.